The van der Waals surface area contributed by atoms with Crippen LogP contribution in [0.2, 0.25) is 0 Å². The van der Waals surface area contributed by atoms with Crippen LogP contribution in [0, 0.1) is 28.6 Å². The Hall–Kier alpha value is -1.85. The number of hydrogen-bond donors (Lipinski definition) is 0. The van der Waals surface area contributed by atoms with Crippen molar-refractivity contribution in [3.63, 3.8) is 0 Å². The molecule has 8 atom stereocenters. The van der Waals surface area contributed by atoms with Gasteiger partial charge >= 0.3 is 17.9 Å². The quantitative estimate of drug-likeness (QED) is 0.375. The van der Waals surface area contributed by atoms with E-state index < -0.39 is 0 Å². The summed E-state index contributed by atoms with van der Waals surface area (Å²) in [4.78, 5) is 35.1. The number of allylic oxidation sites excluding steroid dienone is 1. The minimum Gasteiger partial charge on any atom is -0.462 e. The van der Waals surface area contributed by atoms with Crippen LogP contribution in [0.25, 0.3) is 0 Å². The topological polar surface area (TPSA) is 78.9 Å². The third-order valence-corrected chi connectivity index (χ3v) is 8.91. The molecule has 6 heteroatoms. The van der Waals surface area contributed by atoms with Gasteiger partial charge in [0.25, 0.3) is 0 Å². The van der Waals surface area contributed by atoms with Crippen molar-refractivity contribution >= 4 is 17.9 Å². The summed E-state index contributed by atoms with van der Waals surface area (Å²) in [5.41, 5.74) is 1.39. The maximum Gasteiger partial charge on any atom is 0.303 e. The second-order valence-electron chi connectivity index (χ2n) is 10.7. The highest BCUT2D eigenvalue weighted by Crippen LogP contribution is 2.65. The minimum absolute atomic E-state index is 0.00425. The number of ether oxygens (including phenoxy) is 3. The van der Waals surface area contributed by atoms with E-state index in [4.69, 9.17) is 14.2 Å². The number of carbonyl (C=O) groups is 3. The van der Waals surface area contributed by atoms with Crippen LogP contribution in [0.1, 0.15) is 79.6 Å². The van der Waals surface area contributed by atoms with Gasteiger partial charge in [-0.05, 0) is 61.7 Å². The lowest BCUT2D eigenvalue weighted by Gasteiger charge is -2.57. The Morgan fingerprint density at radius 3 is 2.23 bits per heavy atom. The normalized spacial score (nSPS) is 43.6. The fourth-order valence-corrected chi connectivity index (χ4v) is 7.62. The second kappa shape index (κ2) is 7.93. The molecule has 0 heterocycles. The van der Waals surface area contributed by atoms with Gasteiger partial charge in [-0.2, -0.15) is 0 Å². The highest BCUT2D eigenvalue weighted by Gasteiger charge is 2.63. The molecule has 3 fully saturated rings. The van der Waals surface area contributed by atoms with Gasteiger partial charge < -0.3 is 14.2 Å². The molecule has 0 aliphatic heterocycles. The van der Waals surface area contributed by atoms with Gasteiger partial charge in [0.2, 0.25) is 0 Å². The van der Waals surface area contributed by atoms with Crippen LogP contribution >= 0.6 is 0 Å². The van der Waals surface area contributed by atoms with Crippen LogP contribution in [0.15, 0.2) is 11.6 Å². The summed E-state index contributed by atoms with van der Waals surface area (Å²) >= 11 is 0. The number of hydrogen-bond acceptors (Lipinski definition) is 6. The molecule has 3 saturated carbocycles. The molecule has 0 amide bonds. The summed E-state index contributed by atoms with van der Waals surface area (Å²) in [5, 5.41) is 0. The molecule has 0 N–H and O–H groups in total. The van der Waals surface area contributed by atoms with Crippen LogP contribution < -0.4 is 0 Å². The lowest BCUT2D eigenvalue weighted by Crippen LogP contribution is -2.52. The van der Waals surface area contributed by atoms with Gasteiger partial charge in [0, 0.05) is 32.6 Å². The molecule has 0 saturated heterocycles. The lowest BCUT2D eigenvalue weighted by molar-refractivity contribution is -0.172. The Labute approximate surface area is 185 Å². The third kappa shape index (κ3) is 3.80. The second-order valence-corrected chi connectivity index (χ2v) is 10.7. The molecule has 0 aromatic rings. The molecule has 3 unspecified atom stereocenters. The number of rotatable bonds is 3. The standard InChI is InChI=1S/C25H36O6/c1-14(26)29-18-8-10-24(4)17(12-18)6-7-19-20(24)9-11-25(5)21(19)13-22(30-15(2)27)23(25)31-16(3)28/h6,18-23H,7-13H2,1-5H3/t18-,19?,20?,21?,22-,23+,24+,25+/m1/s1. The van der Waals surface area contributed by atoms with Gasteiger partial charge in [-0.25, -0.2) is 0 Å². The molecular weight excluding hydrogens is 396 g/mol. The van der Waals surface area contributed by atoms with Crippen molar-refractivity contribution < 1.29 is 28.6 Å². The Morgan fingerprint density at radius 1 is 0.903 bits per heavy atom. The smallest absolute Gasteiger partial charge is 0.303 e. The van der Waals surface area contributed by atoms with Gasteiger partial charge in [-0.3, -0.25) is 14.4 Å². The monoisotopic (exact) mass is 432 g/mol. The van der Waals surface area contributed by atoms with Crippen molar-refractivity contribution in [1.82, 2.24) is 0 Å². The van der Waals surface area contributed by atoms with E-state index in [0.29, 0.717) is 17.8 Å². The summed E-state index contributed by atoms with van der Waals surface area (Å²) in [7, 11) is 0. The van der Waals surface area contributed by atoms with Gasteiger partial charge in [0.05, 0.1) is 0 Å². The highest BCUT2D eigenvalue weighted by molar-refractivity contribution is 5.67. The maximum absolute atomic E-state index is 11.9. The van der Waals surface area contributed by atoms with Gasteiger partial charge in [0.1, 0.15) is 18.3 Å². The fourth-order valence-electron chi connectivity index (χ4n) is 7.62. The summed E-state index contributed by atoms with van der Waals surface area (Å²) in [6.07, 6.45) is 8.20. The number of fused-ring (bicyclic) bond motifs is 5. The van der Waals surface area contributed by atoms with Crippen LogP contribution in [0.4, 0.5) is 0 Å². The zero-order valence-corrected chi connectivity index (χ0v) is 19.4. The first-order valence-electron chi connectivity index (χ1n) is 11.8. The van der Waals surface area contributed by atoms with Crippen molar-refractivity contribution in [3.05, 3.63) is 11.6 Å². The van der Waals surface area contributed by atoms with Crippen LogP contribution in [-0.4, -0.2) is 36.2 Å². The summed E-state index contributed by atoms with van der Waals surface area (Å²) in [6, 6.07) is 0. The zero-order valence-electron chi connectivity index (χ0n) is 19.4. The molecule has 6 nitrogen and oxygen atoms in total. The van der Waals surface area contributed by atoms with E-state index in [1.54, 1.807) is 0 Å². The van der Waals surface area contributed by atoms with E-state index in [9.17, 15) is 14.4 Å². The maximum atomic E-state index is 11.9. The molecule has 31 heavy (non-hydrogen) atoms. The van der Waals surface area contributed by atoms with Gasteiger partial charge in [-0.1, -0.05) is 25.5 Å². The highest BCUT2D eigenvalue weighted by atomic mass is 16.6. The molecule has 0 aromatic heterocycles. The molecular formula is C25H36O6. The Kier molecular flexibility index (Phi) is 5.72. The predicted octanol–water partition coefficient (Wildman–Crippen LogP) is 4.35. The molecule has 0 bridgehead atoms. The van der Waals surface area contributed by atoms with E-state index in [1.807, 2.05) is 0 Å². The Morgan fingerprint density at radius 2 is 1.58 bits per heavy atom. The van der Waals surface area contributed by atoms with E-state index in [1.165, 1.54) is 26.3 Å². The minimum atomic E-state index is -0.377. The van der Waals surface area contributed by atoms with Crippen LogP contribution in [0.3, 0.4) is 0 Å². The first-order valence-corrected chi connectivity index (χ1v) is 11.8. The van der Waals surface area contributed by atoms with Crippen molar-refractivity contribution in [2.75, 3.05) is 0 Å². The lowest BCUT2D eigenvalue weighted by atomic mass is 9.48. The molecule has 4 aliphatic carbocycles. The number of esters is 3. The van der Waals surface area contributed by atoms with Crippen LogP contribution in [0.5, 0.6) is 0 Å². The molecule has 172 valence electrons. The van der Waals surface area contributed by atoms with Gasteiger partial charge in [0.15, 0.2) is 0 Å². The van der Waals surface area contributed by atoms with Gasteiger partial charge in [-0.15, -0.1) is 0 Å². The average molecular weight is 433 g/mol. The SMILES string of the molecule is CC(=O)O[C@@H]1CC[C@@]2(C)C(=CCC3C2CC[C@@]2(C)C3C[C@@H](OC(C)=O)[C@@H]2OC(C)=O)C1. The molecule has 4 rings (SSSR count). The first kappa shape index (κ1) is 22.3. The van der Waals surface area contributed by atoms with E-state index in [-0.39, 0.29) is 47.0 Å². The molecule has 4 aliphatic rings. The first-order chi connectivity index (χ1) is 14.5. The van der Waals surface area contributed by atoms with Crippen LogP contribution in [-0.2, 0) is 28.6 Å². The predicted molar refractivity (Wildman–Crippen MR) is 114 cm³/mol. The van der Waals surface area contributed by atoms with E-state index >= 15 is 0 Å². The summed E-state index contributed by atoms with van der Waals surface area (Å²) < 4.78 is 17.0. The fraction of sp³-hybridized carbons (Fsp3) is 0.800. The zero-order chi connectivity index (χ0) is 22.6. The molecule has 0 radical (unpaired) electrons. The summed E-state index contributed by atoms with van der Waals surface area (Å²) in [5.74, 6) is 0.556. The number of carbonyl (C=O) groups excluding carboxylic acids is 3. The van der Waals surface area contributed by atoms with E-state index in [2.05, 4.69) is 19.9 Å². The van der Waals surface area contributed by atoms with Crippen molar-refractivity contribution in [2.24, 2.45) is 28.6 Å². The molecule has 0 spiro atoms. The average Bonchev–Trinajstić information content (AvgIpc) is 2.92. The van der Waals surface area contributed by atoms with Crippen molar-refractivity contribution in [2.45, 2.75) is 97.9 Å². The Balaban J connectivity index is 1.60. The van der Waals surface area contributed by atoms with E-state index in [0.717, 1.165) is 44.9 Å². The van der Waals surface area contributed by atoms with Crippen molar-refractivity contribution in [3.8, 4) is 0 Å². The van der Waals surface area contributed by atoms with Crippen molar-refractivity contribution in [1.29, 1.82) is 0 Å². The summed E-state index contributed by atoms with van der Waals surface area (Å²) in [6.45, 7) is 8.97. The largest absolute Gasteiger partial charge is 0.462 e. The third-order valence-electron chi connectivity index (χ3n) is 8.91. The Bertz CT molecular complexity index is 802. The molecule has 0 aromatic carbocycles.